The molecule has 7 heteroatoms. The van der Waals surface area contributed by atoms with Crippen molar-refractivity contribution in [1.29, 1.82) is 0 Å². The third kappa shape index (κ3) is 4.47. The Labute approximate surface area is 133 Å². The quantitative estimate of drug-likeness (QED) is 0.751. The summed E-state index contributed by atoms with van der Waals surface area (Å²) < 4.78 is 6.61. The second-order valence-corrected chi connectivity index (χ2v) is 5.20. The van der Waals surface area contributed by atoms with E-state index in [-0.39, 0.29) is 24.9 Å². The van der Waals surface area contributed by atoms with Crippen molar-refractivity contribution >= 4 is 34.3 Å². The van der Waals surface area contributed by atoms with E-state index in [9.17, 15) is 9.59 Å². The molecule has 0 atom stereocenters. The Morgan fingerprint density at radius 2 is 2.05 bits per heavy atom. The lowest BCUT2D eigenvalue weighted by Gasteiger charge is -2.08. The van der Waals surface area contributed by atoms with E-state index in [1.165, 1.54) is 0 Å². The minimum atomic E-state index is -0.245. The molecule has 0 fully saturated rings. The second kappa shape index (κ2) is 7.82. The first-order valence-corrected chi connectivity index (χ1v) is 7.24. The highest BCUT2D eigenvalue weighted by Gasteiger charge is 2.08. The van der Waals surface area contributed by atoms with Crippen LogP contribution < -0.4 is 10.6 Å². The number of rotatable bonds is 7. The summed E-state index contributed by atoms with van der Waals surface area (Å²) in [6.07, 6.45) is 1.82. The Hall–Kier alpha value is -2.05. The number of benzene rings is 1. The zero-order chi connectivity index (χ0) is 15.9. The molecule has 22 heavy (non-hydrogen) atoms. The van der Waals surface area contributed by atoms with Gasteiger partial charge in [-0.05, 0) is 23.6 Å². The third-order valence-electron chi connectivity index (χ3n) is 3.12. The molecule has 0 spiro atoms. The van der Waals surface area contributed by atoms with Crippen LogP contribution in [0.15, 0.2) is 30.5 Å². The highest BCUT2D eigenvalue weighted by Crippen LogP contribution is 2.20. The summed E-state index contributed by atoms with van der Waals surface area (Å²) in [5.74, 6) is -0.481. The maximum atomic E-state index is 11.9. The first kappa shape index (κ1) is 16.3. The summed E-state index contributed by atoms with van der Waals surface area (Å²) in [5, 5.41) is 6.84. The Bertz CT molecular complexity index is 669. The molecule has 1 aromatic heterocycles. The van der Waals surface area contributed by atoms with E-state index in [2.05, 4.69) is 10.6 Å². The Morgan fingerprint density at radius 1 is 1.23 bits per heavy atom. The highest BCUT2D eigenvalue weighted by atomic mass is 35.5. The predicted octanol–water partition coefficient (Wildman–Crippen LogP) is 1.17. The molecule has 0 saturated heterocycles. The predicted molar refractivity (Wildman–Crippen MR) is 84.8 cm³/mol. The lowest BCUT2D eigenvalue weighted by Crippen LogP contribution is -2.39. The number of halogens is 1. The molecule has 6 nitrogen and oxygen atoms in total. The van der Waals surface area contributed by atoms with Crippen molar-refractivity contribution in [3.8, 4) is 0 Å². The van der Waals surface area contributed by atoms with Gasteiger partial charge in [0.25, 0.3) is 0 Å². The van der Waals surface area contributed by atoms with E-state index in [0.29, 0.717) is 18.2 Å². The number of amides is 2. The van der Waals surface area contributed by atoms with E-state index in [4.69, 9.17) is 16.3 Å². The molecule has 0 aliphatic heterocycles. The molecule has 2 aromatic rings. The van der Waals surface area contributed by atoms with Gasteiger partial charge >= 0.3 is 0 Å². The van der Waals surface area contributed by atoms with Gasteiger partial charge in [0.15, 0.2) is 0 Å². The molecule has 2 N–H and O–H groups in total. The summed E-state index contributed by atoms with van der Waals surface area (Å²) in [6.45, 7) is 0.944. The molecule has 0 radical (unpaired) electrons. The Morgan fingerprint density at radius 3 is 2.82 bits per heavy atom. The van der Waals surface area contributed by atoms with E-state index in [1.54, 1.807) is 17.7 Å². The van der Waals surface area contributed by atoms with E-state index in [1.807, 2.05) is 24.4 Å². The van der Waals surface area contributed by atoms with Crippen LogP contribution in [0.3, 0.4) is 0 Å². The zero-order valence-electron chi connectivity index (χ0n) is 12.3. The average Bonchev–Trinajstić information content (AvgIpc) is 2.88. The van der Waals surface area contributed by atoms with Crippen molar-refractivity contribution in [3.63, 3.8) is 0 Å². The van der Waals surface area contributed by atoms with Crippen LogP contribution in [0.5, 0.6) is 0 Å². The Balaban J connectivity index is 1.86. The van der Waals surface area contributed by atoms with Crippen LogP contribution in [0.4, 0.5) is 0 Å². The number of hydrogen-bond donors (Lipinski definition) is 2. The van der Waals surface area contributed by atoms with E-state index in [0.717, 1.165) is 10.9 Å². The van der Waals surface area contributed by atoms with Gasteiger partial charge in [0, 0.05) is 30.4 Å². The van der Waals surface area contributed by atoms with Gasteiger partial charge in [-0.1, -0.05) is 17.7 Å². The van der Waals surface area contributed by atoms with E-state index >= 15 is 0 Å². The Kier molecular flexibility index (Phi) is 5.80. The SMILES string of the molecule is COCCNC(=O)CNC(=O)Cn1ccc2ccc(Cl)cc21. The molecule has 2 amide bonds. The summed E-state index contributed by atoms with van der Waals surface area (Å²) >= 11 is 5.97. The number of fused-ring (bicyclic) bond motifs is 1. The highest BCUT2D eigenvalue weighted by molar-refractivity contribution is 6.31. The summed E-state index contributed by atoms with van der Waals surface area (Å²) in [6, 6.07) is 7.42. The monoisotopic (exact) mass is 323 g/mol. The van der Waals surface area contributed by atoms with Crippen LogP contribution in [0.1, 0.15) is 0 Å². The second-order valence-electron chi connectivity index (χ2n) is 4.77. The molecule has 0 aliphatic rings. The van der Waals surface area contributed by atoms with Crippen LogP contribution >= 0.6 is 11.6 Å². The summed E-state index contributed by atoms with van der Waals surface area (Å²) in [7, 11) is 1.56. The topological polar surface area (TPSA) is 72.4 Å². The average molecular weight is 324 g/mol. The fraction of sp³-hybridized carbons (Fsp3) is 0.333. The van der Waals surface area contributed by atoms with Gasteiger partial charge in [0.05, 0.1) is 13.2 Å². The number of aromatic nitrogens is 1. The van der Waals surface area contributed by atoms with Crippen LogP contribution in [0.2, 0.25) is 5.02 Å². The van der Waals surface area contributed by atoms with Crippen molar-refractivity contribution in [2.24, 2.45) is 0 Å². The van der Waals surface area contributed by atoms with E-state index < -0.39 is 0 Å². The summed E-state index contributed by atoms with van der Waals surface area (Å²) in [5.41, 5.74) is 0.882. The van der Waals surface area contributed by atoms with Crippen molar-refractivity contribution in [1.82, 2.24) is 15.2 Å². The maximum absolute atomic E-state index is 11.9. The molecular weight excluding hydrogens is 306 g/mol. The van der Waals surface area contributed by atoms with Gasteiger partial charge in [-0.25, -0.2) is 0 Å². The number of methoxy groups -OCH3 is 1. The number of hydrogen-bond acceptors (Lipinski definition) is 3. The number of carbonyl (C=O) groups excluding carboxylic acids is 2. The normalized spacial score (nSPS) is 10.6. The lowest BCUT2D eigenvalue weighted by molar-refractivity contribution is -0.126. The molecule has 0 unspecified atom stereocenters. The molecule has 118 valence electrons. The van der Waals surface area contributed by atoms with Gasteiger partial charge in [0.2, 0.25) is 11.8 Å². The van der Waals surface area contributed by atoms with Crippen molar-refractivity contribution in [3.05, 3.63) is 35.5 Å². The molecule has 1 aromatic carbocycles. The van der Waals surface area contributed by atoms with Crippen LogP contribution in [0, 0.1) is 0 Å². The van der Waals surface area contributed by atoms with Gasteiger partial charge in [-0.15, -0.1) is 0 Å². The van der Waals surface area contributed by atoms with Crippen molar-refractivity contribution in [2.75, 3.05) is 26.8 Å². The minimum Gasteiger partial charge on any atom is -0.383 e. The van der Waals surface area contributed by atoms with Gasteiger partial charge in [0.1, 0.15) is 6.54 Å². The fourth-order valence-electron chi connectivity index (χ4n) is 2.04. The number of nitrogens with zero attached hydrogens (tertiary/aromatic N) is 1. The molecule has 1 heterocycles. The van der Waals surface area contributed by atoms with Crippen molar-refractivity contribution in [2.45, 2.75) is 6.54 Å². The van der Waals surface area contributed by atoms with Crippen LogP contribution in [-0.4, -0.2) is 43.2 Å². The van der Waals surface area contributed by atoms with Crippen LogP contribution in [-0.2, 0) is 20.9 Å². The number of nitrogens with one attached hydrogen (secondary N) is 2. The number of carbonyl (C=O) groups is 2. The molecule has 0 bridgehead atoms. The molecule has 0 saturated carbocycles. The minimum absolute atomic E-state index is 0.0531. The molecule has 2 rings (SSSR count). The van der Waals surface area contributed by atoms with Gasteiger partial charge in [-0.3, -0.25) is 9.59 Å². The standard InChI is InChI=1S/C15H18ClN3O3/c1-22-7-5-17-14(20)9-18-15(21)10-19-6-4-11-2-3-12(16)8-13(11)19/h2-4,6,8H,5,7,9-10H2,1H3,(H,17,20)(H,18,21). The lowest BCUT2D eigenvalue weighted by atomic mass is 10.2. The smallest absolute Gasteiger partial charge is 0.240 e. The van der Waals surface area contributed by atoms with Gasteiger partial charge < -0.3 is 19.9 Å². The first-order valence-electron chi connectivity index (χ1n) is 6.87. The summed E-state index contributed by atoms with van der Waals surface area (Å²) in [4.78, 5) is 23.4. The largest absolute Gasteiger partial charge is 0.383 e. The molecule has 0 aliphatic carbocycles. The third-order valence-corrected chi connectivity index (χ3v) is 3.36. The number of ether oxygens (including phenoxy) is 1. The zero-order valence-corrected chi connectivity index (χ0v) is 13.0. The van der Waals surface area contributed by atoms with Crippen molar-refractivity contribution < 1.29 is 14.3 Å². The van der Waals surface area contributed by atoms with Crippen LogP contribution in [0.25, 0.3) is 10.9 Å². The van der Waals surface area contributed by atoms with Gasteiger partial charge in [-0.2, -0.15) is 0 Å². The first-order chi connectivity index (χ1) is 10.6. The fourth-order valence-corrected chi connectivity index (χ4v) is 2.21. The molecular formula is C15H18ClN3O3. The maximum Gasteiger partial charge on any atom is 0.240 e.